The second-order valence-electron chi connectivity index (χ2n) is 4.76. The lowest BCUT2D eigenvalue weighted by atomic mass is 9.95. The minimum atomic E-state index is -0.406. The van der Waals surface area contributed by atoms with Crippen LogP contribution in [0.3, 0.4) is 0 Å². The highest BCUT2D eigenvalue weighted by Gasteiger charge is 2.29. The van der Waals surface area contributed by atoms with Crippen molar-refractivity contribution in [3.8, 4) is 0 Å². The van der Waals surface area contributed by atoms with Crippen LogP contribution in [0.2, 0.25) is 0 Å². The summed E-state index contributed by atoms with van der Waals surface area (Å²) in [6, 6.07) is 0. The van der Waals surface area contributed by atoms with Crippen molar-refractivity contribution in [1.82, 2.24) is 9.97 Å². The molecule has 7 nitrogen and oxygen atoms in total. The van der Waals surface area contributed by atoms with Gasteiger partial charge in [-0.25, -0.2) is 9.97 Å². The second-order valence-corrected chi connectivity index (χ2v) is 4.76. The summed E-state index contributed by atoms with van der Waals surface area (Å²) in [5, 5.41) is 14.0. The predicted molar refractivity (Wildman–Crippen MR) is 73.5 cm³/mol. The van der Waals surface area contributed by atoms with E-state index in [9.17, 15) is 10.1 Å². The predicted octanol–water partition coefficient (Wildman–Crippen LogP) is 2.05. The zero-order chi connectivity index (χ0) is 13.8. The Hall–Kier alpha value is -1.92. The first-order valence-corrected chi connectivity index (χ1v) is 6.59. The SMILES string of the molecule is CCC1CCCN(c2ncnc(NC)c2[N+](=O)[O-])C1. The maximum absolute atomic E-state index is 11.3. The third-order valence-electron chi connectivity index (χ3n) is 3.62. The lowest BCUT2D eigenvalue weighted by molar-refractivity contribution is -0.383. The first kappa shape index (κ1) is 13.5. The van der Waals surface area contributed by atoms with Gasteiger partial charge in [0.2, 0.25) is 11.6 Å². The molecule has 0 aromatic carbocycles. The molecule has 0 aliphatic carbocycles. The summed E-state index contributed by atoms with van der Waals surface area (Å²) in [6.45, 7) is 3.80. The quantitative estimate of drug-likeness (QED) is 0.662. The summed E-state index contributed by atoms with van der Waals surface area (Å²) in [5.74, 6) is 1.29. The Morgan fingerprint density at radius 1 is 1.58 bits per heavy atom. The Morgan fingerprint density at radius 2 is 2.37 bits per heavy atom. The Bertz CT molecular complexity index is 465. The molecule has 2 heterocycles. The lowest BCUT2D eigenvalue weighted by Gasteiger charge is -2.32. The summed E-state index contributed by atoms with van der Waals surface area (Å²) in [5.41, 5.74) is -0.0262. The fourth-order valence-electron chi connectivity index (χ4n) is 2.54. The van der Waals surface area contributed by atoms with E-state index in [4.69, 9.17) is 0 Å². The Kier molecular flexibility index (Phi) is 4.13. The van der Waals surface area contributed by atoms with E-state index >= 15 is 0 Å². The third-order valence-corrected chi connectivity index (χ3v) is 3.62. The van der Waals surface area contributed by atoms with Gasteiger partial charge in [-0.15, -0.1) is 0 Å². The van der Waals surface area contributed by atoms with E-state index in [0.717, 1.165) is 25.9 Å². The Morgan fingerprint density at radius 3 is 3.00 bits per heavy atom. The van der Waals surface area contributed by atoms with Gasteiger partial charge in [0.05, 0.1) is 4.92 Å². The van der Waals surface area contributed by atoms with E-state index in [1.54, 1.807) is 7.05 Å². The molecule has 1 aliphatic rings. The number of aromatic nitrogens is 2. The summed E-state index contributed by atoms with van der Waals surface area (Å²) in [4.78, 5) is 20.9. The van der Waals surface area contributed by atoms with Crippen molar-refractivity contribution in [2.45, 2.75) is 26.2 Å². The molecular formula is C12H19N5O2. The van der Waals surface area contributed by atoms with Crippen LogP contribution in [0.1, 0.15) is 26.2 Å². The van der Waals surface area contributed by atoms with Crippen molar-refractivity contribution in [3.05, 3.63) is 16.4 Å². The zero-order valence-corrected chi connectivity index (χ0v) is 11.3. The topological polar surface area (TPSA) is 84.2 Å². The van der Waals surface area contributed by atoms with Gasteiger partial charge in [0.25, 0.3) is 0 Å². The number of nitrogens with zero attached hydrogens (tertiary/aromatic N) is 4. The second kappa shape index (κ2) is 5.81. The minimum absolute atomic E-state index is 0.0262. The number of anilines is 2. The number of piperidine rings is 1. The fraction of sp³-hybridized carbons (Fsp3) is 0.667. The molecule has 7 heteroatoms. The monoisotopic (exact) mass is 265 g/mol. The molecule has 19 heavy (non-hydrogen) atoms. The van der Waals surface area contributed by atoms with Crippen LogP contribution in [0, 0.1) is 16.0 Å². The first-order valence-electron chi connectivity index (χ1n) is 6.59. The molecule has 0 bridgehead atoms. The van der Waals surface area contributed by atoms with Gasteiger partial charge in [-0.1, -0.05) is 13.3 Å². The van der Waals surface area contributed by atoms with E-state index in [1.165, 1.54) is 12.7 Å². The third kappa shape index (κ3) is 2.74. The molecule has 1 N–H and O–H groups in total. The highest BCUT2D eigenvalue weighted by atomic mass is 16.6. The first-order chi connectivity index (χ1) is 9.17. The standard InChI is InChI=1S/C12H19N5O2/c1-3-9-5-4-6-16(7-9)12-10(17(18)19)11(13-2)14-8-15-12/h8-9H,3-7H2,1-2H3,(H,13,14,15). The van der Waals surface area contributed by atoms with E-state index in [1.807, 2.05) is 4.90 Å². The van der Waals surface area contributed by atoms with Gasteiger partial charge in [0.1, 0.15) is 6.33 Å². The van der Waals surface area contributed by atoms with Crippen molar-refractivity contribution in [1.29, 1.82) is 0 Å². The average Bonchev–Trinajstić information content (AvgIpc) is 2.46. The molecular weight excluding hydrogens is 246 g/mol. The normalized spacial score (nSPS) is 19.3. The van der Waals surface area contributed by atoms with Gasteiger partial charge in [-0.3, -0.25) is 10.1 Å². The maximum atomic E-state index is 11.3. The average molecular weight is 265 g/mol. The number of rotatable bonds is 4. The van der Waals surface area contributed by atoms with Crippen molar-refractivity contribution < 1.29 is 4.92 Å². The van der Waals surface area contributed by atoms with Crippen LogP contribution in [0.15, 0.2) is 6.33 Å². The molecule has 0 saturated carbocycles. The van der Waals surface area contributed by atoms with Gasteiger partial charge in [-0.05, 0) is 18.8 Å². The van der Waals surface area contributed by atoms with Gasteiger partial charge in [-0.2, -0.15) is 0 Å². The molecule has 1 aromatic rings. The molecule has 1 fully saturated rings. The molecule has 104 valence electrons. The van der Waals surface area contributed by atoms with Crippen LogP contribution in [-0.4, -0.2) is 35.0 Å². The molecule has 1 saturated heterocycles. The summed E-state index contributed by atoms with van der Waals surface area (Å²) in [7, 11) is 1.63. The number of hydrogen-bond donors (Lipinski definition) is 1. The molecule has 2 rings (SSSR count). The molecule has 1 unspecified atom stereocenters. The molecule has 1 aromatic heterocycles. The van der Waals surface area contributed by atoms with Crippen LogP contribution >= 0.6 is 0 Å². The van der Waals surface area contributed by atoms with Crippen LogP contribution in [-0.2, 0) is 0 Å². The number of nitrogens with one attached hydrogen (secondary N) is 1. The van der Waals surface area contributed by atoms with Crippen molar-refractivity contribution in [2.75, 3.05) is 30.4 Å². The van der Waals surface area contributed by atoms with E-state index in [-0.39, 0.29) is 11.5 Å². The molecule has 1 atom stereocenters. The summed E-state index contributed by atoms with van der Waals surface area (Å²) < 4.78 is 0. The molecule has 0 radical (unpaired) electrons. The largest absolute Gasteiger partial charge is 0.367 e. The molecule has 1 aliphatic heterocycles. The fourth-order valence-corrected chi connectivity index (χ4v) is 2.54. The Balaban J connectivity index is 2.35. The van der Waals surface area contributed by atoms with Gasteiger partial charge in [0, 0.05) is 20.1 Å². The lowest BCUT2D eigenvalue weighted by Crippen LogP contribution is -2.36. The van der Waals surface area contributed by atoms with Crippen molar-refractivity contribution in [3.63, 3.8) is 0 Å². The van der Waals surface area contributed by atoms with Gasteiger partial charge >= 0.3 is 5.69 Å². The number of hydrogen-bond acceptors (Lipinski definition) is 6. The van der Waals surface area contributed by atoms with Crippen LogP contribution in [0.4, 0.5) is 17.3 Å². The number of nitro groups is 1. The smallest absolute Gasteiger partial charge is 0.353 e. The van der Waals surface area contributed by atoms with Gasteiger partial charge in [0.15, 0.2) is 0 Å². The highest BCUT2D eigenvalue weighted by molar-refractivity contribution is 5.70. The summed E-state index contributed by atoms with van der Waals surface area (Å²) in [6.07, 6.45) is 4.71. The Labute approximate surface area is 112 Å². The van der Waals surface area contributed by atoms with Crippen LogP contribution < -0.4 is 10.2 Å². The molecule has 0 spiro atoms. The zero-order valence-electron chi connectivity index (χ0n) is 11.3. The van der Waals surface area contributed by atoms with Crippen LogP contribution in [0.25, 0.3) is 0 Å². The highest BCUT2D eigenvalue weighted by Crippen LogP contribution is 2.34. The van der Waals surface area contributed by atoms with Crippen LogP contribution in [0.5, 0.6) is 0 Å². The van der Waals surface area contributed by atoms with Crippen molar-refractivity contribution >= 4 is 17.3 Å². The van der Waals surface area contributed by atoms with E-state index in [2.05, 4.69) is 22.2 Å². The maximum Gasteiger partial charge on any atom is 0.353 e. The van der Waals surface area contributed by atoms with E-state index < -0.39 is 4.92 Å². The summed E-state index contributed by atoms with van der Waals surface area (Å²) >= 11 is 0. The van der Waals surface area contributed by atoms with Crippen molar-refractivity contribution in [2.24, 2.45) is 5.92 Å². The van der Waals surface area contributed by atoms with Gasteiger partial charge < -0.3 is 10.2 Å². The molecule has 0 amide bonds. The van der Waals surface area contributed by atoms with E-state index in [0.29, 0.717) is 11.7 Å². The minimum Gasteiger partial charge on any atom is -0.367 e.